The van der Waals surface area contributed by atoms with Crippen LogP contribution >= 0.6 is 26.6 Å². The number of halogens is 3. The van der Waals surface area contributed by atoms with Crippen LogP contribution in [-0.2, 0) is 9.05 Å². The molecule has 2 rings (SSSR count). The van der Waals surface area contributed by atoms with Gasteiger partial charge in [0.2, 0.25) is 0 Å². The molecule has 1 fully saturated rings. The Morgan fingerprint density at radius 1 is 1.50 bits per heavy atom. The van der Waals surface area contributed by atoms with Crippen LogP contribution in [0.3, 0.4) is 0 Å². The molecule has 1 amide bonds. The molecule has 0 aliphatic carbocycles. The summed E-state index contributed by atoms with van der Waals surface area (Å²) in [4.78, 5) is 13.4. The molecule has 1 unspecified atom stereocenters. The molecule has 0 radical (unpaired) electrons. The second kappa shape index (κ2) is 5.61. The average molecular weight is 385 g/mol. The van der Waals surface area contributed by atoms with E-state index in [9.17, 15) is 17.6 Å². The molecule has 20 heavy (non-hydrogen) atoms. The third kappa shape index (κ3) is 3.15. The molecule has 1 aliphatic heterocycles. The monoisotopic (exact) mass is 383 g/mol. The summed E-state index contributed by atoms with van der Waals surface area (Å²) in [6.07, 6.45) is 0.852. The molecule has 0 aromatic heterocycles. The van der Waals surface area contributed by atoms with Gasteiger partial charge in [0.05, 0.1) is 10.5 Å². The van der Waals surface area contributed by atoms with Gasteiger partial charge in [-0.3, -0.25) is 4.79 Å². The second-order valence-corrected chi connectivity index (χ2v) is 8.23. The molecule has 110 valence electrons. The Kier molecular flexibility index (Phi) is 4.41. The molecular weight excluding hydrogens is 373 g/mol. The number of rotatable bonds is 2. The van der Waals surface area contributed by atoms with Crippen molar-refractivity contribution in [1.29, 1.82) is 0 Å². The van der Waals surface area contributed by atoms with E-state index in [4.69, 9.17) is 10.7 Å². The molecule has 8 heteroatoms. The van der Waals surface area contributed by atoms with Gasteiger partial charge in [-0.05, 0) is 40.4 Å². The normalized spacial score (nSPS) is 19.4. The predicted molar refractivity (Wildman–Crippen MR) is 76.8 cm³/mol. The van der Waals surface area contributed by atoms with E-state index < -0.39 is 20.8 Å². The molecule has 1 aromatic rings. The third-order valence-electron chi connectivity index (χ3n) is 3.23. The fourth-order valence-electron chi connectivity index (χ4n) is 2.17. The minimum Gasteiger partial charge on any atom is -0.338 e. The van der Waals surface area contributed by atoms with Crippen LogP contribution in [-0.4, -0.2) is 32.3 Å². The van der Waals surface area contributed by atoms with Crippen molar-refractivity contribution < 1.29 is 17.6 Å². The zero-order chi connectivity index (χ0) is 15.1. The first-order chi connectivity index (χ1) is 9.20. The van der Waals surface area contributed by atoms with Gasteiger partial charge in [-0.1, -0.05) is 6.92 Å². The first-order valence-electron chi connectivity index (χ1n) is 5.93. The second-order valence-electron chi connectivity index (χ2n) is 4.85. The van der Waals surface area contributed by atoms with Gasteiger partial charge in [0, 0.05) is 28.2 Å². The van der Waals surface area contributed by atoms with Crippen LogP contribution in [0.25, 0.3) is 0 Å². The van der Waals surface area contributed by atoms with Crippen molar-refractivity contribution in [2.45, 2.75) is 18.2 Å². The van der Waals surface area contributed by atoms with Crippen LogP contribution in [0.1, 0.15) is 23.7 Å². The van der Waals surface area contributed by atoms with Gasteiger partial charge >= 0.3 is 0 Å². The highest BCUT2D eigenvalue weighted by Crippen LogP contribution is 2.29. The Balaban J connectivity index is 2.44. The molecule has 4 nitrogen and oxygen atoms in total. The van der Waals surface area contributed by atoms with Crippen molar-refractivity contribution in [3.63, 3.8) is 0 Å². The van der Waals surface area contributed by atoms with E-state index in [1.807, 2.05) is 6.92 Å². The first-order valence-corrected chi connectivity index (χ1v) is 9.03. The Morgan fingerprint density at radius 2 is 2.15 bits per heavy atom. The van der Waals surface area contributed by atoms with Crippen LogP contribution in [0, 0.1) is 11.7 Å². The number of nitrogens with zero attached hydrogens (tertiary/aromatic N) is 1. The van der Waals surface area contributed by atoms with Gasteiger partial charge in [-0.15, -0.1) is 0 Å². The zero-order valence-electron chi connectivity index (χ0n) is 10.6. The van der Waals surface area contributed by atoms with Crippen molar-refractivity contribution in [2.24, 2.45) is 5.92 Å². The first kappa shape index (κ1) is 15.7. The van der Waals surface area contributed by atoms with Crippen molar-refractivity contribution in [1.82, 2.24) is 4.90 Å². The smallest absolute Gasteiger partial charge is 0.262 e. The lowest BCUT2D eigenvalue weighted by atomic mass is 10.1. The Bertz CT molecular complexity index is 665. The lowest BCUT2D eigenvalue weighted by Crippen LogP contribution is -2.29. The topological polar surface area (TPSA) is 54.5 Å². The third-order valence-corrected chi connectivity index (χ3v) is 5.51. The van der Waals surface area contributed by atoms with Crippen molar-refractivity contribution in [2.75, 3.05) is 13.1 Å². The molecule has 0 spiro atoms. The maximum absolute atomic E-state index is 13.9. The molecular formula is C12H12BrClFNO3S. The van der Waals surface area contributed by atoms with Crippen LogP contribution < -0.4 is 0 Å². The van der Waals surface area contributed by atoms with Crippen LogP contribution in [0.5, 0.6) is 0 Å². The molecule has 1 aromatic carbocycles. The number of hydrogen-bond donors (Lipinski definition) is 0. The van der Waals surface area contributed by atoms with E-state index in [2.05, 4.69) is 15.9 Å². The van der Waals surface area contributed by atoms with Gasteiger partial charge in [0.1, 0.15) is 5.82 Å². The van der Waals surface area contributed by atoms with E-state index in [-0.39, 0.29) is 14.9 Å². The molecule has 0 N–H and O–H groups in total. The SMILES string of the molecule is CC1CCN(C(=O)c2cc(S(=O)(=O)Cl)c(Br)cc2F)C1. The van der Waals surface area contributed by atoms with E-state index >= 15 is 0 Å². The van der Waals surface area contributed by atoms with E-state index in [1.54, 1.807) is 0 Å². The van der Waals surface area contributed by atoms with E-state index in [1.165, 1.54) is 4.90 Å². The summed E-state index contributed by atoms with van der Waals surface area (Å²) in [5, 5.41) is 0. The highest BCUT2D eigenvalue weighted by molar-refractivity contribution is 9.10. The quantitative estimate of drug-likeness (QED) is 0.737. The lowest BCUT2D eigenvalue weighted by molar-refractivity contribution is 0.0783. The number of carbonyl (C=O) groups excluding carboxylic acids is 1. The minimum absolute atomic E-state index is 0.00339. The minimum atomic E-state index is -4.05. The summed E-state index contributed by atoms with van der Waals surface area (Å²) in [6.45, 7) is 3.08. The summed E-state index contributed by atoms with van der Waals surface area (Å²) in [5.74, 6) is -0.930. The van der Waals surface area contributed by atoms with E-state index in [0.29, 0.717) is 19.0 Å². The Hall–Kier alpha value is -0.660. The number of amides is 1. The fourth-order valence-corrected chi connectivity index (χ4v) is 4.34. The summed E-state index contributed by atoms with van der Waals surface area (Å²) in [7, 11) is 1.22. The predicted octanol–water partition coefficient (Wildman–Crippen LogP) is 3.00. The summed E-state index contributed by atoms with van der Waals surface area (Å²) >= 11 is 2.93. The molecule has 0 saturated carbocycles. The van der Waals surface area contributed by atoms with Gasteiger partial charge in [-0.2, -0.15) is 0 Å². The standard InChI is InChI=1S/C12H12BrClFNO3S/c1-7-2-3-16(6-7)12(17)8-4-11(20(14,18)19)9(13)5-10(8)15/h4-5,7H,2-3,6H2,1H3. The molecule has 1 saturated heterocycles. The number of likely N-dealkylation sites (tertiary alicyclic amines) is 1. The number of carbonyl (C=O) groups is 1. The number of benzene rings is 1. The summed E-state index contributed by atoms with van der Waals surface area (Å²) < 4.78 is 36.7. The summed E-state index contributed by atoms with van der Waals surface area (Å²) in [5.41, 5.74) is -0.276. The van der Waals surface area contributed by atoms with Gasteiger partial charge in [0.15, 0.2) is 0 Å². The van der Waals surface area contributed by atoms with Crippen LogP contribution in [0.15, 0.2) is 21.5 Å². The largest absolute Gasteiger partial charge is 0.338 e. The molecule has 1 aliphatic rings. The maximum Gasteiger partial charge on any atom is 0.262 e. The molecule has 1 heterocycles. The van der Waals surface area contributed by atoms with Gasteiger partial charge < -0.3 is 4.90 Å². The fraction of sp³-hybridized carbons (Fsp3) is 0.417. The highest BCUT2D eigenvalue weighted by Gasteiger charge is 2.28. The van der Waals surface area contributed by atoms with E-state index in [0.717, 1.165) is 18.6 Å². The Morgan fingerprint density at radius 3 is 2.65 bits per heavy atom. The molecule has 0 bridgehead atoms. The average Bonchev–Trinajstić information content (AvgIpc) is 2.73. The zero-order valence-corrected chi connectivity index (χ0v) is 13.7. The maximum atomic E-state index is 13.9. The number of hydrogen-bond acceptors (Lipinski definition) is 3. The summed E-state index contributed by atoms with van der Waals surface area (Å²) in [6, 6.07) is 1.93. The van der Waals surface area contributed by atoms with Crippen molar-refractivity contribution in [3.8, 4) is 0 Å². The molecule has 1 atom stereocenters. The lowest BCUT2D eigenvalue weighted by Gasteiger charge is -2.17. The van der Waals surface area contributed by atoms with Crippen molar-refractivity contribution in [3.05, 3.63) is 28.0 Å². The van der Waals surface area contributed by atoms with Gasteiger partial charge in [0.25, 0.3) is 15.0 Å². The highest BCUT2D eigenvalue weighted by atomic mass is 79.9. The van der Waals surface area contributed by atoms with Crippen molar-refractivity contribution >= 4 is 41.6 Å². The van der Waals surface area contributed by atoms with Crippen LogP contribution in [0.4, 0.5) is 4.39 Å². The van der Waals surface area contributed by atoms with Crippen LogP contribution in [0.2, 0.25) is 0 Å². The Labute approximate surface area is 129 Å². The van der Waals surface area contributed by atoms with Gasteiger partial charge in [-0.25, -0.2) is 12.8 Å².